The van der Waals surface area contributed by atoms with Gasteiger partial charge in [-0.25, -0.2) is 8.42 Å². The van der Waals surface area contributed by atoms with E-state index in [-0.39, 0.29) is 11.1 Å². The molecule has 0 bridgehead atoms. The highest BCUT2D eigenvalue weighted by molar-refractivity contribution is 8.30. The Morgan fingerprint density at radius 3 is 2.04 bits per heavy atom. The van der Waals surface area contributed by atoms with Crippen molar-refractivity contribution in [2.45, 2.75) is 26.2 Å². The summed E-state index contributed by atoms with van der Waals surface area (Å²) in [4.78, 5) is 31.9. The zero-order valence-corrected chi connectivity index (χ0v) is 16.5. The zero-order valence-electron chi connectivity index (χ0n) is 14.2. The van der Waals surface area contributed by atoms with Crippen LogP contribution in [0, 0.1) is 6.92 Å². The Morgan fingerprint density at radius 1 is 1.35 bits per heavy atom. The van der Waals surface area contributed by atoms with Gasteiger partial charge in [0.1, 0.15) is 17.7 Å². The first kappa shape index (κ1) is 26.8. The molecule has 0 aliphatic heterocycles. The van der Waals surface area contributed by atoms with Gasteiger partial charge in [-0.05, 0) is 6.92 Å². The molecule has 1 N–H and O–H groups in total. The smallest absolute Gasteiger partial charge is 0.278 e. The molecule has 6 radical (unpaired) electrons. The van der Waals surface area contributed by atoms with Gasteiger partial charge in [-0.2, -0.15) is 0 Å². The molecule has 7 nitrogen and oxygen atoms in total. The number of carbonyl (C=O) groups is 2. The topological polar surface area (TPSA) is 111 Å². The SMILES string of the molecule is [B]C(=O)Cl.[B]C(=O)Nc1coc(C)c(C(C)(C)C=C)c1=O.[B]S(=O)(=O)Cl. The number of carbonyl (C=O) groups excluding carboxylic acids is 2. The highest BCUT2D eigenvalue weighted by atomic mass is 35.7. The molecule has 0 aromatic carbocycles. The van der Waals surface area contributed by atoms with Crippen LogP contribution in [0.3, 0.4) is 0 Å². The van der Waals surface area contributed by atoms with Crippen LogP contribution in [0.25, 0.3) is 0 Å². The van der Waals surface area contributed by atoms with Crippen LogP contribution >= 0.6 is 22.3 Å². The second-order valence-electron chi connectivity index (χ2n) is 5.10. The molecule has 136 valence electrons. The Kier molecular flexibility index (Phi) is 11.6. The van der Waals surface area contributed by atoms with E-state index in [4.69, 9.17) is 17.1 Å². The quantitative estimate of drug-likeness (QED) is 0.460. The highest BCUT2D eigenvalue weighted by Crippen LogP contribution is 2.25. The van der Waals surface area contributed by atoms with Crippen molar-refractivity contribution in [1.82, 2.24) is 0 Å². The average molecular weight is 416 g/mol. The fraction of sp³-hybridized carbons (Fsp3) is 0.308. The number of rotatable bonds is 3. The van der Waals surface area contributed by atoms with Crippen LogP contribution in [-0.4, -0.2) is 42.2 Å². The normalized spacial score (nSPS) is 10.3. The summed E-state index contributed by atoms with van der Waals surface area (Å²) in [5.41, 5.74) is -0.357. The molecule has 1 heterocycles. The summed E-state index contributed by atoms with van der Waals surface area (Å²) in [6, 6.07) is 0. The van der Waals surface area contributed by atoms with Gasteiger partial charge in [-0.15, -0.1) is 6.58 Å². The monoisotopic (exact) mass is 415 g/mol. The number of nitrogens with one attached hydrogen (secondary N) is 1. The lowest BCUT2D eigenvalue weighted by atomic mass is 9.84. The molecule has 1 rings (SSSR count). The fourth-order valence-electron chi connectivity index (χ4n) is 1.62. The van der Waals surface area contributed by atoms with Crippen molar-refractivity contribution < 1.29 is 22.4 Å². The maximum atomic E-state index is 12.2. The third-order valence-corrected chi connectivity index (χ3v) is 2.59. The first-order valence-electron chi connectivity index (χ1n) is 6.53. The van der Waals surface area contributed by atoms with Gasteiger partial charge < -0.3 is 9.73 Å². The van der Waals surface area contributed by atoms with Gasteiger partial charge in [0.2, 0.25) is 13.3 Å². The molecular weight excluding hydrogens is 402 g/mol. The number of allylic oxidation sites excluding steroid dienone is 1. The van der Waals surface area contributed by atoms with Gasteiger partial charge in [-0.3, -0.25) is 14.4 Å². The van der Waals surface area contributed by atoms with Gasteiger partial charge in [0.25, 0.3) is 7.12 Å². The van der Waals surface area contributed by atoms with Gasteiger partial charge in [-0.1, -0.05) is 31.5 Å². The van der Waals surface area contributed by atoms with Crippen LogP contribution in [0.15, 0.2) is 28.1 Å². The molecule has 0 aliphatic rings. The van der Waals surface area contributed by atoms with Crippen LogP contribution in [0.2, 0.25) is 0 Å². The minimum absolute atomic E-state index is 0.0352. The van der Waals surface area contributed by atoms with Gasteiger partial charge in [0.15, 0.2) is 27.7 Å². The van der Waals surface area contributed by atoms with E-state index in [2.05, 4.69) is 49.2 Å². The predicted molar refractivity (Wildman–Crippen MR) is 105 cm³/mol. The lowest BCUT2D eigenvalue weighted by Gasteiger charge is -2.21. The van der Waals surface area contributed by atoms with E-state index in [1.165, 1.54) is 6.26 Å². The molecule has 0 saturated heterocycles. The van der Waals surface area contributed by atoms with Crippen LogP contribution in [0.4, 0.5) is 15.3 Å². The minimum atomic E-state index is -3.69. The largest absolute Gasteiger partial charge is 0.467 e. The number of hydrogen-bond acceptors (Lipinski definition) is 6. The number of halogens is 2. The summed E-state index contributed by atoms with van der Waals surface area (Å²) >= 11 is 4.41. The molecule has 26 heavy (non-hydrogen) atoms. The van der Waals surface area contributed by atoms with Crippen molar-refractivity contribution in [3.8, 4) is 0 Å². The highest BCUT2D eigenvalue weighted by Gasteiger charge is 2.25. The Balaban J connectivity index is 0. The van der Waals surface area contributed by atoms with Crippen molar-refractivity contribution in [3.05, 3.63) is 40.5 Å². The molecule has 1 amide bonds. The molecule has 0 fully saturated rings. The maximum absolute atomic E-state index is 12.2. The second-order valence-corrected chi connectivity index (χ2v) is 7.72. The predicted octanol–water partition coefficient (Wildman–Crippen LogP) is 2.26. The van der Waals surface area contributed by atoms with Crippen LogP contribution in [0.5, 0.6) is 0 Å². The third kappa shape index (κ3) is 12.9. The van der Waals surface area contributed by atoms with Gasteiger partial charge in [0.05, 0.1) is 0 Å². The Bertz CT molecular complexity index is 812. The summed E-state index contributed by atoms with van der Waals surface area (Å²) in [6.07, 6.45) is 2.84. The number of anilines is 1. The van der Waals surface area contributed by atoms with Crippen LogP contribution in [-0.2, 0) is 14.3 Å². The van der Waals surface area contributed by atoms with E-state index in [1.807, 2.05) is 13.8 Å². The summed E-state index contributed by atoms with van der Waals surface area (Å²) in [5, 5.41) is 1.37. The van der Waals surface area contributed by atoms with Crippen LogP contribution < -0.4 is 10.7 Å². The van der Waals surface area contributed by atoms with E-state index in [1.54, 1.807) is 13.0 Å². The van der Waals surface area contributed by atoms with Crippen molar-refractivity contribution in [3.63, 3.8) is 0 Å². The summed E-state index contributed by atoms with van der Waals surface area (Å²) < 4.78 is 23.6. The summed E-state index contributed by atoms with van der Waals surface area (Å²) in [7, 11) is 13.9. The van der Waals surface area contributed by atoms with E-state index < -0.39 is 25.3 Å². The van der Waals surface area contributed by atoms with Gasteiger partial charge >= 0.3 is 0 Å². The molecular formula is C13H14B3Cl2NO6S. The fourth-order valence-corrected chi connectivity index (χ4v) is 1.62. The van der Waals surface area contributed by atoms with Crippen LogP contribution in [0.1, 0.15) is 25.2 Å². The lowest BCUT2D eigenvalue weighted by molar-refractivity contribution is 0.268. The number of amides is 1. The molecule has 0 unspecified atom stereocenters. The van der Waals surface area contributed by atoms with E-state index in [0.717, 1.165) is 0 Å². The van der Waals surface area contributed by atoms with Crippen molar-refractivity contribution in [2.75, 3.05) is 5.32 Å². The van der Waals surface area contributed by atoms with E-state index in [9.17, 15) is 18.0 Å². The Hall–Kier alpha value is -1.45. The summed E-state index contributed by atoms with van der Waals surface area (Å²) in [6.45, 7) is 9.06. The van der Waals surface area contributed by atoms with Crippen molar-refractivity contribution in [2.24, 2.45) is 0 Å². The van der Waals surface area contributed by atoms with Gasteiger partial charge in [0, 0.05) is 21.7 Å². The van der Waals surface area contributed by atoms with Crippen molar-refractivity contribution in [1.29, 1.82) is 0 Å². The zero-order chi connectivity index (χ0) is 21.3. The van der Waals surface area contributed by atoms with E-state index >= 15 is 0 Å². The molecule has 1 aromatic heterocycles. The maximum Gasteiger partial charge on any atom is 0.278 e. The number of hydrogen-bond donors (Lipinski definition) is 1. The minimum Gasteiger partial charge on any atom is -0.467 e. The second kappa shape index (κ2) is 11.3. The molecule has 0 aliphatic carbocycles. The molecule has 0 spiro atoms. The molecule has 1 aromatic rings. The van der Waals surface area contributed by atoms with E-state index in [0.29, 0.717) is 11.3 Å². The Labute approximate surface area is 165 Å². The molecule has 0 atom stereocenters. The lowest BCUT2D eigenvalue weighted by Crippen LogP contribution is -2.28. The third-order valence-electron chi connectivity index (χ3n) is 2.59. The first-order valence-corrected chi connectivity index (χ1v) is 9.28. The molecule has 0 saturated carbocycles. The Morgan fingerprint density at radius 2 is 1.73 bits per heavy atom. The first-order chi connectivity index (χ1) is 11.5. The summed E-state index contributed by atoms with van der Waals surface area (Å²) in [5.74, 6) is -0.307. The average Bonchev–Trinajstić information content (AvgIpc) is 2.39. The number of aryl methyl sites for hydroxylation is 1. The standard InChI is InChI=1S/C12H14BNO3.CBClO.BClO2S/c1-5-12(3,4)9-7(2)17-6-8(10(9)15)14-11(13)16;2-1(3)4;1-5(2,3)4/h5-6H,1H2,2-4H3,(H,14,16);;. The molecule has 13 heteroatoms. The van der Waals surface area contributed by atoms with Crippen molar-refractivity contribution >= 4 is 70.6 Å².